The van der Waals surface area contributed by atoms with Crippen LogP contribution in [0.15, 0.2) is 30.6 Å². The lowest BCUT2D eigenvalue weighted by Crippen LogP contribution is -2.61. The zero-order valence-corrected chi connectivity index (χ0v) is 24.9. The maximum Gasteiger partial charge on any atom is 0.403 e. The number of pyridine rings is 2. The summed E-state index contributed by atoms with van der Waals surface area (Å²) < 4.78 is 49.2. The van der Waals surface area contributed by atoms with E-state index in [0.29, 0.717) is 61.5 Å². The van der Waals surface area contributed by atoms with Gasteiger partial charge in [-0.3, -0.25) is 14.6 Å². The van der Waals surface area contributed by atoms with Crippen LogP contribution >= 0.6 is 0 Å². The van der Waals surface area contributed by atoms with Gasteiger partial charge in [0, 0.05) is 62.3 Å². The summed E-state index contributed by atoms with van der Waals surface area (Å²) in [5.74, 6) is -0.663. The number of nitrogens with one attached hydrogen (secondary N) is 2. The van der Waals surface area contributed by atoms with Crippen molar-refractivity contribution in [1.82, 2.24) is 25.5 Å². The Hall–Kier alpha value is -3.41. The molecule has 3 aliphatic rings. The summed E-state index contributed by atoms with van der Waals surface area (Å²) in [4.78, 5) is 39.9. The number of nitrogens with zero attached hydrogens (tertiary/aromatic N) is 4. The highest BCUT2D eigenvalue weighted by molar-refractivity contribution is 5.99. The van der Waals surface area contributed by atoms with Gasteiger partial charge in [0.25, 0.3) is 5.91 Å². The van der Waals surface area contributed by atoms with Crippen molar-refractivity contribution in [2.45, 2.75) is 77.1 Å². The fraction of sp³-hybridized carbons (Fsp3) is 0.613. The Kier molecular flexibility index (Phi) is 9.43. The molecule has 5 rings (SSSR count). The number of carbonyl (C=O) groups is 2. The molecule has 2 saturated heterocycles. The second-order valence-corrected chi connectivity index (χ2v) is 11.7. The summed E-state index contributed by atoms with van der Waals surface area (Å²) in [6.07, 6.45) is 1.26. The number of hydrogen-bond donors (Lipinski definition) is 2. The number of halogens is 3. The lowest BCUT2D eigenvalue weighted by Gasteiger charge is -2.47. The van der Waals surface area contributed by atoms with Crippen LogP contribution in [0.5, 0.6) is 5.75 Å². The number of amides is 2. The van der Waals surface area contributed by atoms with E-state index in [9.17, 15) is 22.8 Å². The predicted molar refractivity (Wildman–Crippen MR) is 157 cm³/mol. The second kappa shape index (κ2) is 13.1. The van der Waals surface area contributed by atoms with Crippen LogP contribution in [-0.2, 0) is 4.79 Å². The molecule has 4 heterocycles. The first-order chi connectivity index (χ1) is 20.7. The molecule has 0 unspecified atom stereocenters. The summed E-state index contributed by atoms with van der Waals surface area (Å²) in [5.41, 5.74) is -0.379. The maximum atomic E-state index is 14.4. The molecule has 2 amide bonds. The van der Waals surface area contributed by atoms with Crippen molar-refractivity contribution in [3.63, 3.8) is 0 Å². The van der Waals surface area contributed by atoms with Gasteiger partial charge in [0.15, 0.2) is 5.69 Å². The monoisotopic (exact) mass is 602 g/mol. The van der Waals surface area contributed by atoms with Gasteiger partial charge in [-0.2, -0.15) is 13.2 Å². The number of piperazine rings is 1. The van der Waals surface area contributed by atoms with E-state index in [-0.39, 0.29) is 56.2 Å². The van der Waals surface area contributed by atoms with E-state index in [2.05, 4.69) is 15.6 Å². The summed E-state index contributed by atoms with van der Waals surface area (Å²) in [6, 6.07) is 5.08. The van der Waals surface area contributed by atoms with Gasteiger partial charge < -0.3 is 25.2 Å². The minimum absolute atomic E-state index is 0.0407. The minimum atomic E-state index is -4.60. The first-order valence-corrected chi connectivity index (χ1v) is 15.4. The van der Waals surface area contributed by atoms with E-state index >= 15 is 0 Å². The van der Waals surface area contributed by atoms with Crippen LogP contribution in [0.25, 0.3) is 11.3 Å². The lowest BCUT2D eigenvalue weighted by molar-refractivity contribution is -0.235. The van der Waals surface area contributed by atoms with Crippen molar-refractivity contribution < 1.29 is 27.5 Å². The molecule has 2 aromatic heterocycles. The van der Waals surface area contributed by atoms with Gasteiger partial charge in [0.05, 0.1) is 12.3 Å². The van der Waals surface area contributed by atoms with Gasteiger partial charge in [-0.05, 0) is 51.3 Å². The van der Waals surface area contributed by atoms with Crippen molar-refractivity contribution in [3.8, 4) is 17.0 Å². The average molecular weight is 603 g/mol. The number of ether oxygens (including phenoxy) is 1. The van der Waals surface area contributed by atoms with E-state index in [0.717, 1.165) is 13.0 Å². The SMILES string of the molecule is CCOc1cc(N2CCN(C(=O)C3(C(F)(F)F)CCCCC3)C[C@H]2CC)c(C(=O)N[C@@H]2CCNC2)nc1-c1cccnc1. The van der Waals surface area contributed by atoms with Crippen LogP contribution in [0.3, 0.4) is 0 Å². The molecule has 0 radical (unpaired) electrons. The molecule has 2 atom stereocenters. The molecule has 1 aliphatic carbocycles. The van der Waals surface area contributed by atoms with Crippen LogP contribution in [0.1, 0.15) is 69.3 Å². The molecule has 43 heavy (non-hydrogen) atoms. The van der Waals surface area contributed by atoms with Crippen molar-refractivity contribution >= 4 is 17.5 Å². The van der Waals surface area contributed by atoms with E-state index in [4.69, 9.17) is 9.72 Å². The van der Waals surface area contributed by atoms with E-state index in [1.807, 2.05) is 24.8 Å². The quantitative estimate of drug-likeness (QED) is 0.457. The molecule has 234 valence electrons. The molecular weight excluding hydrogens is 561 g/mol. The second-order valence-electron chi connectivity index (χ2n) is 11.7. The number of rotatable bonds is 8. The summed E-state index contributed by atoms with van der Waals surface area (Å²) >= 11 is 0. The molecular formula is C31H41F3N6O3. The molecule has 0 spiro atoms. The Morgan fingerprint density at radius 3 is 2.60 bits per heavy atom. The summed E-state index contributed by atoms with van der Waals surface area (Å²) in [6.45, 7) is 6.16. The minimum Gasteiger partial charge on any atom is -0.492 e. The number of alkyl halides is 3. The third-order valence-corrected chi connectivity index (χ3v) is 9.02. The first-order valence-electron chi connectivity index (χ1n) is 15.4. The summed E-state index contributed by atoms with van der Waals surface area (Å²) in [5, 5.41) is 6.34. The molecule has 0 bridgehead atoms. The molecule has 2 aliphatic heterocycles. The van der Waals surface area contributed by atoms with Crippen LogP contribution < -0.4 is 20.3 Å². The molecule has 1 saturated carbocycles. The average Bonchev–Trinajstić information content (AvgIpc) is 3.53. The third-order valence-electron chi connectivity index (χ3n) is 9.02. The molecule has 12 heteroatoms. The molecule has 2 aromatic rings. The summed E-state index contributed by atoms with van der Waals surface area (Å²) in [7, 11) is 0. The van der Waals surface area contributed by atoms with E-state index < -0.39 is 17.5 Å². The highest BCUT2D eigenvalue weighted by Gasteiger charge is 2.61. The standard InChI is InChI=1S/C31H41F3N6O3/c1-3-23-20-39(29(42)30(31(32,33)34)11-6-5-7-12-30)15-16-40(23)24-17-25(43-4-2)26(21-9-8-13-35-18-21)38-27(24)28(41)37-22-10-14-36-19-22/h8-9,13,17-18,22-23,36H,3-7,10-12,14-16,19-20H2,1-2H3,(H,37,41)/t22-,23-/m1/s1. The highest BCUT2D eigenvalue weighted by Crippen LogP contribution is 2.50. The van der Waals surface area contributed by atoms with E-state index in [1.165, 1.54) is 4.90 Å². The number of aromatic nitrogens is 2. The van der Waals surface area contributed by atoms with Gasteiger partial charge in [0.2, 0.25) is 5.91 Å². The van der Waals surface area contributed by atoms with Crippen LogP contribution in [-0.4, -0.2) is 84.3 Å². The van der Waals surface area contributed by atoms with Gasteiger partial charge in [-0.25, -0.2) is 4.98 Å². The Morgan fingerprint density at radius 2 is 1.98 bits per heavy atom. The smallest absolute Gasteiger partial charge is 0.403 e. The van der Waals surface area contributed by atoms with Crippen molar-refractivity contribution in [3.05, 3.63) is 36.3 Å². The Morgan fingerprint density at radius 1 is 1.19 bits per heavy atom. The van der Waals surface area contributed by atoms with Gasteiger partial charge in [-0.1, -0.05) is 26.2 Å². The Balaban J connectivity index is 1.50. The highest BCUT2D eigenvalue weighted by atomic mass is 19.4. The number of hydrogen-bond acceptors (Lipinski definition) is 7. The Bertz CT molecular complexity index is 1280. The Labute approximate surface area is 250 Å². The molecule has 9 nitrogen and oxygen atoms in total. The van der Waals surface area contributed by atoms with Crippen molar-refractivity contribution in [2.75, 3.05) is 44.2 Å². The molecule has 3 fully saturated rings. The first kappa shape index (κ1) is 31.0. The molecule has 0 aromatic carbocycles. The van der Waals surface area contributed by atoms with Crippen molar-refractivity contribution in [1.29, 1.82) is 0 Å². The van der Waals surface area contributed by atoms with Crippen molar-refractivity contribution in [2.24, 2.45) is 5.41 Å². The zero-order chi connectivity index (χ0) is 30.6. The van der Waals surface area contributed by atoms with Crippen LogP contribution in [0, 0.1) is 5.41 Å². The topological polar surface area (TPSA) is 99.7 Å². The van der Waals surface area contributed by atoms with Crippen LogP contribution in [0.4, 0.5) is 18.9 Å². The largest absolute Gasteiger partial charge is 0.492 e. The normalized spacial score (nSPS) is 22.3. The fourth-order valence-electron chi connectivity index (χ4n) is 6.66. The maximum absolute atomic E-state index is 14.4. The third kappa shape index (κ3) is 6.30. The fourth-order valence-corrected chi connectivity index (χ4v) is 6.66. The molecule has 2 N–H and O–H groups in total. The predicted octanol–water partition coefficient (Wildman–Crippen LogP) is 4.57. The van der Waals surface area contributed by atoms with Crippen LogP contribution in [0.2, 0.25) is 0 Å². The van der Waals surface area contributed by atoms with E-state index in [1.54, 1.807) is 24.5 Å². The number of carbonyl (C=O) groups excluding carboxylic acids is 2. The zero-order valence-electron chi connectivity index (χ0n) is 24.9. The van der Waals surface area contributed by atoms with Gasteiger partial charge in [0.1, 0.15) is 16.9 Å². The lowest BCUT2D eigenvalue weighted by atomic mass is 9.72. The van der Waals surface area contributed by atoms with Gasteiger partial charge >= 0.3 is 6.18 Å². The van der Waals surface area contributed by atoms with Gasteiger partial charge in [-0.15, -0.1) is 0 Å². The number of anilines is 1.